The van der Waals surface area contributed by atoms with E-state index in [0.717, 1.165) is 5.56 Å². The summed E-state index contributed by atoms with van der Waals surface area (Å²) in [6.45, 7) is 0.545. The van der Waals surface area contributed by atoms with E-state index < -0.39 is 10.0 Å². The highest BCUT2D eigenvalue weighted by Gasteiger charge is 2.22. The highest BCUT2D eigenvalue weighted by Crippen LogP contribution is 2.27. The smallest absolute Gasteiger partial charge is 0.269 e. The van der Waals surface area contributed by atoms with Crippen LogP contribution in [0.3, 0.4) is 0 Å². The van der Waals surface area contributed by atoms with Gasteiger partial charge in [-0.25, -0.2) is 17.4 Å². The molecular formula is C16H15ClN4O2S. The lowest BCUT2D eigenvalue weighted by atomic mass is 10.2. The van der Waals surface area contributed by atoms with E-state index in [2.05, 4.69) is 15.3 Å². The minimum Gasteiger partial charge on any atom is -0.316 e. The Labute approximate surface area is 145 Å². The Balaban J connectivity index is 2.18. The molecule has 0 aliphatic carbocycles. The quantitative estimate of drug-likeness (QED) is 0.706. The third-order valence-corrected chi connectivity index (χ3v) is 5.32. The summed E-state index contributed by atoms with van der Waals surface area (Å²) in [7, 11) is -1.96. The molecule has 1 N–H and O–H groups in total. The largest absolute Gasteiger partial charge is 0.316 e. The van der Waals surface area contributed by atoms with Crippen molar-refractivity contribution in [1.29, 1.82) is 0 Å². The molecular weight excluding hydrogens is 348 g/mol. The Morgan fingerprint density at radius 3 is 2.71 bits per heavy atom. The maximum absolute atomic E-state index is 13.0. The van der Waals surface area contributed by atoms with Crippen LogP contribution in [0, 0.1) is 0 Å². The van der Waals surface area contributed by atoms with Gasteiger partial charge in [-0.2, -0.15) is 0 Å². The van der Waals surface area contributed by atoms with Crippen molar-refractivity contribution in [2.45, 2.75) is 11.4 Å². The van der Waals surface area contributed by atoms with Gasteiger partial charge in [0, 0.05) is 36.9 Å². The zero-order chi connectivity index (χ0) is 17.2. The molecule has 0 aliphatic heterocycles. The third kappa shape index (κ3) is 3.19. The zero-order valence-electron chi connectivity index (χ0n) is 12.8. The van der Waals surface area contributed by atoms with Crippen LogP contribution in [0.25, 0.3) is 11.3 Å². The molecule has 3 heterocycles. The molecule has 3 rings (SSSR count). The normalized spacial score (nSPS) is 11.6. The predicted octanol–water partition coefficient (Wildman–Crippen LogP) is 2.55. The standard InChI is InChI=1S/C16H15ClN4O2S/c1-18-8-12-7-15(13-4-5-16(17)20-9-13)21(11-12)24(22,23)14-3-2-6-19-10-14/h2-7,9-11,18H,8H2,1H3. The summed E-state index contributed by atoms with van der Waals surface area (Å²) in [5, 5.41) is 3.37. The van der Waals surface area contributed by atoms with Crippen molar-refractivity contribution in [3.63, 3.8) is 0 Å². The Hall–Kier alpha value is -2.22. The maximum Gasteiger partial charge on any atom is 0.269 e. The number of hydrogen-bond acceptors (Lipinski definition) is 5. The molecule has 0 aromatic carbocycles. The van der Waals surface area contributed by atoms with Crippen LogP contribution in [0.5, 0.6) is 0 Å². The molecule has 0 aliphatic rings. The van der Waals surface area contributed by atoms with Gasteiger partial charge in [0.05, 0.1) is 5.69 Å². The van der Waals surface area contributed by atoms with Crippen LogP contribution < -0.4 is 5.32 Å². The topological polar surface area (TPSA) is 76.9 Å². The number of aromatic nitrogens is 3. The van der Waals surface area contributed by atoms with Gasteiger partial charge in [-0.05, 0) is 42.9 Å². The van der Waals surface area contributed by atoms with Crippen LogP contribution in [0.4, 0.5) is 0 Å². The summed E-state index contributed by atoms with van der Waals surface area (Å²) < 4.78 is 27.2. The molecule has 0 saturated carbocycles. The molecule has 0 bridgehead atoms. The number of rotatable bonds is 5. The van der Waals surface area contributed by atoms with Crippen LogP contribution in [-0.4, -0.2) is 29.4 Å². The summed E-state index contributed by atoms with van der Waals surface area (Å²) in [5.74, 6) is 0. The fraction of sp³-hybridized carbons (Fsp3) is 0.125. The summed E-state index contributed by atoms with van der Waals surface area (Å²) in [4.78, 5) is 8.06. The van der Waals surface area contributed by atoms with Crippen molar-refractivity contribution in [2.24, 2.45) is 0 Å². The first-order chi connectivity index (χ1) is 11.5. The number of pyridine rings is 2. The summed E-state index contributed by atoms with van der Waals surface area (Å²) >= 11 is 5.83. The average molecular weight is 363 g/mol. The van der Waals surface area contributed by atoms with Crippen molar-refractivity contribution < 1.29 is 8.42 Å². The van der Waals surface area contributed by atoms with E-state index in [1.807, 2.05) is 6.07 Å². The maximum atomic E-state index is 13.0. The first kappa shape index (κ1) is 16.6. The molecule has 124 valence electrons. The van der Waals surface area contributed by atoms with Crippen molar-refractivity contribution >= 4 is 21.6 Å². The second-order valence-corrected chi connectivity index (χ2v) is 7.33. The van der Waals surface area contributed by atoms with Crippen molar-refractivity contribution in [3.8, 4) is 11.3 Å². The van der Waals surface area contributed by atoms with Gasteiger partial charge in [0.2, 0.25) is 0 Å². The number of nitrogens with zero attached hydrogens (tertiary/aromatic N) is 3. The predicted molar refractivity (Wildman–Crippen MR) is 92.3 cm³/mol. The highest BCUT2D eigenvalue weighted by atomic mass is 35.5. The Morgan fingerprint density at radius 1 is 1.25 bits per heavy atom. The molecule has 0 amide bonds. The average Bonchev–Trinajstić information content (AvgIpc) is 3.01. The number of hydrogen-bond donors (Lipinski definition) is 1. The van der Waals surface area contributed by atoms with E-state index in [0.29, 0.717) is 23.0 Å². The fourth-order valence-electron chi connectivity index (χ4n) is 2.35. The molecule has 0 spiro atoms. The highest BCUT2D eigenvalue weighted by molar-refractivity contribution is 7.90. The summed E-state index contributed by atoms with van der Waals surface area (Å²) in [6.07, 6.45) is 6.01. The SMILES string of the molecule is CNCc1cc(-c2ccc(Cl)nc2)n(S(=O)(=O)c2cccnc2)c1. The molecule has 0 atom stereocenters. The third-order valence-electron chi connectivity index (χ3n) is 3.44. The van der Waals surface area contributed by atoms with Crippen LogP contribution in [0.1, 0.15) is 5.56 Å². The molecule has 0 radical (unpaired) electrons. The first-order valence-electron chi connectivity index (χ1n) is 7.16. The van der Waals surface area contributed by atoms with Gasteiger partial charge in [0.15, 0.2) is 0 Å². The molecule has 6 nitrogen and oxygen atoms in total. The fourth-order valence-corrected chi connectivity index (χ4v) is 3.82. The van der Waals surface area contributed by atoms with Gasteiger partial charge >= 0.3 is 0 Å². The van der Waals surface area contributed by atoms with Gasteiger partial charge in [-0.15, -0.1) is 0 Å². The molecule has 0 unspecified atom stereocenters. The van der Waals surface area contributed by atoms with Crippen LogP contribution >= 0.6 is 11.6 Å². The Bertz CT molecular complexity index is 938. The van der Waals surface area contributed by atoms with Crippen LogP contribution in [0.15, 0.2) is 60.0 Å². The van der Waals surface area contributed by atoms with Gasteiger partial charge in [0.1, 0.15) is 10.0 Å². The van der Waals surface area contributed by atoms with Gasteiger partial charge in [-0.1, -0.05) is 11.6 Å². The van der Waals surface area contributed by atoms with E-state index in [9.17, 15) is 8.42 Å². The lowest BCUT2D eigenvalue weighted by Gasteiger charge is -2.10. The molecule has 8 heteroatoms. The Morgan fingerprint density at radius 2 is 2.08 bits per heavy atom. The lowest BCUT2D eigenvalue weighted by Crippen LogP contribution is -2.13. The second kappa shape index (κ2) is 6.72. The lowest BCUT2D eigenvalue weighted by molar-refractivity contribution is 0.587. The zero-order valence-corrected chi connectivity index (χ0v) is 14.4. The van der Waals surface area contributed by atoms with Gasteiger partial charge in [0.25, 0.3) is 10.0 Å². The van der Waals surface area contributed by atoms with Crippen LogP contribution in [0.2, 0.25) is 5.15 Å². The Kier molecular flexibility index (Phi) is 4.66. The van der Waals surface area contributed by atoms with E-state index >= 15 is 0 Å². The van der Waals surface area contributed by atoms with Crippen molar-refractivity contribution in [3.05, 3.63) is 65.8 Å². The molecule has 3 aromatic rings. The van der Waals surface area contributed by atoms with Crippen molar-refractivity contribution in [2.75, 3.05) is 7.05 Å². The molecule has 0 saturated heterocycles. The van der Waals surface area contributed by atoms with E-state index in [4.69, 9.17) is 11.6 Å². The van der Waals surface area contributed by atoms with E-state index in [-0.39, 0.29) is 4.90 Å². The minimum absolute atomic E-state index is 0.125. The van der Waals surface area contributed by atoms with E-state index in [1.165, 1.54) is 22.4 Å². The monoisotopic (exact) mass is 362 g/mol. The van der Waals surface area contributed by atoms with E-state index in [1.54, 1.807) is 37.6 Å². The van der Waals surface area contributed by atoms with Gasteiger partial charge in [-0.3, -0.25) is 4.98 Å². The second-order valence-electron chi connectivity index (χ2n) is 5.12. The van der Waals surface area contributed by atoms with Gasteiger partial charge < -0.3 is 5.32 Å². The molecule has 3 aromatic heterocycles. The minimum atomic E-state index is -3.76. The van der Waals surface area contributed by atoms with Crippen molar-refractivity contribution in [1.82, 2.24) is 19.3 Å². The number of nitrogens with one attached hydrogen (secondary N) is 1. The summed E-state index contributed by atoms with van der Waals surface area (Å²) in [5.41, 5.74) is 2.03. The van der Waals surface area contributed by atoms with Crippen LogP contribution in [-0.2, 0) is 16.6 Å². The number of halogens is 1. The molecule has 24 heavy (non-hydrogen) atoms. The first-order valence-corrected chi connectivity index (χ1v) is 8.97. The summed E-state index contributed by atoms with van der Waals surface area (Å²) in [6, 6.07) is 8.29. The molecule has 0 fully saturated rings.